The van der Waals surface area contributed by atoms with Gasteiger partial charge in [0.1, 0.15) is 5.82 Å². The number of nitrogens with zero attached hydrogens (tertiary/aromatic N) is 4. The minimum atomic E-state index is -3.95. The molecule has 2 heterocycles. The fourth-order valence-electron chi connectivity index (χ4n) is 3.32. The van der Waals surface area contributed by atoms with E-state index >= 15 is 0 Å². The quantitative estimate of drug-likeness (QED) is 0.294. The predicted octanol–water partition coefficient (Wildman–Crippen LogP) is 5.21. The SMILES string of the molecule is CN(CCCNc1cc(-c2ccccc2Cl)nc2c(Br)cnn12)S(=O)(=O)c1ccc(F)c(F)c1. The number of nitrogens with one attached hydrogen (secondary N) is 1. The Balaban J connectivity index is 1.48. The topological polar surface area (TPSA) is 79.6 Å². The summed E-state index contributed by atoms with van der Waals surface area (Å²) >= 11 is 9.80. The van der Waals surface area contributed by atoms with E-state index in [0.29, 0.717) is 45.7 Å². The van der Waals surface area contributed by atoms with Crippen molar-refractivity contribution < 1.29 is 17.2 Å². The van der Waals surface area contributed by atoms with E-state index in [1.807, 2.05) is 24.3 Å². The van der Waals surface area contributed by atoms with Crippen LogP contribution in [0.2, 0.25) is 5.02 Å². The molecular formula is C22H19BrClF2N5O2S. The van der Waals surface area contributed by atoms with E-state index in [1.54, 1.807) is 16.8 Å². The molecule has 0 bridgehead atoms. The highest BCUT2D eigenvalue weighted by Gasteiger charge is 2.22. The summed E-state index contributed by atoms with van der Waals surface area (Å²) in [6.07, 6.45) is 2.07. The van der Waals surface area contributed by atoms with Crippen molar-refractivity contribution >= 4 is 49.0 Å². The number of sulfonamides is 1. The van der Waals surface area contributed by atoms with Crippen LogP contribution < -0.4 is 5.32 Å². The summed E-state index contributed by atoms with van der Waals surface area (Å²) in [5.74, 6) is -1.66. The normalized spacial score (nSPS) is 11.9. The molecule has 0 radical (unpaired) electrons. The molecule has 0 aliphatic rings. The summed E-state index contributed by atoms with van der Waals surface area (Å²) in [7, 11) is -2.56. The summed E-state index contributed by atoms with van der Waals surface area (Å²) in [4.78, 5) is 4.34. The average molecular weight is 571 g/mol. The van der Waals surface area contributed by atoms with Gasteiger partial charge in [-0.3, -0.25) is 0 Å². The second kappa shape index (κ2) is 9.95. The largest absolute Gasteiger partial charge is 0.370 e. The van der Waals surface area contributed by atoms with Crippen LogP contribution in [0.4, 0.5) is 14.6 Å². The first-order valence-corrected chi connectivity index (χ1v) is 12.7. The fraction of sp³-hybridized carbons (Fsp3) is 0.182. The lowest BCUT2D eigenvalue weighted by atomic mass is 10.1. The molecule has 0 aliphatic heterocycles. The van der Waals surface area contributed by atoms with Gasteiger partial charge in [-0.15, -0.1) is 0 Å². The van der Waals surface area contributed by atoms with Gasteiger partial charge in [0, 0.05) is 36.8 Å². The van der Waals surface area contributed by atoms with Crippen LogP contribution in [0.3, 0.4) is 0 Å². The van der Waals surface area contributed by atoms with Crippen LogP contribution in [-0.4, -0.2) is 47.5 Å². The third-order valence-corrected chi connectivity index (χ3v) is 7.88. The smallest absolute Gasteiger partial charge is 0.242 e. The molecule has 0 spiro atoms. The Bertz CT molecular complexity index is 1470. The average Bonchev–Trinajstić information content (AvgIpc) is 3.19. The molecule has 0 amide bonds. The van der Waals surface area contributed by atoms with Gasteiger partial charge in [-0.25, -0.2) is 26.5 Å². The zero-order valence-electron chi connectivity index (χ0n) is 17.8. The van der Waals surface area contributed by atoms with E-state index in [9.17, 15) is 17.2 Å². The molecular weight excluding hydrogens is 552 g/mol. The summed E-state index contributed by atoms with van der Waals surface area (Å²) in [6.45, 7) is 0.568. The van der Waals surface area contributed by atoms with Crippen molar-refractivity contribution in [3.63, 3.8) is 0 Å². The van der Waals surface area contributed by atoms with Gasteiger partial charge in [0.2, 0.25) is 10.0 Å². The Labute approximate surface area is 208 Å². The molecule has 2 aromatic carbocycles. The number of hydrogen-bond donors (Lipinski definition) is 1. The minimum absolute atomic E-state index is 0.155. The lowest BCUT2D eigenvalue weighted by Gasteiger charge is -2.18. The third kappa shape index (κ3) is 4.92. The predicted molar refractivity (Wildman–Crippen MR) is 130 cm³/mol. The molecule has 0 aliphatic carbocycles. The van der Waals surface area contributed by atoms with Gasteiger partial charge in [-0.1, -0.05) is 29.8 Å². The third-order valence-electron chi connectivity index (χ3n) is 5.13. The van der Waals surface area contributed by atoms with Crippen molar-refractivity contribution in [2.45, 2.75) is 11.3 Å². The number of benzene rings is 2. The molecule has 34 heavy (non-hydrogen) atoms. The number of rotatable bonds is 8. The van der Waals surface area contributed by atoms with Gasteiger partial charge < -0.3 is 5.32 Å². The molecule has 0 fully saturated rings. The minimum Gasteiger partial charge on any atom is -0.370 e. The monoisotopic (exact) mass is 569 g/mol. The lowest BCUT2D eigenvalue weighted by molar-refractivity contribution is 0.462. The summed E-state index contributed by atoms with van der Waals surface area (Å²) < 4.78 is 55.4. The molecule has 0 saturated heterocycles. The van der Waals surface area contributed by atoms with Gasteiger partial charge in [-0.2, -0.15) is 9.61 Å². The maximum atomic E-state index is 13.5. The van der Waals surface area contributed by atoms with E-state index in [0.717, 1.165) is 22.0 Å². The number of fused-ring (bicyclic) bond motifs is 1. The zero-order chi connectivity index (χ0) is 24.5. The van der Waals surface area contributed by atoms with Crippen LogP contribution in [0.5, 0.6) is 0 Å². The maximum Gasteiger partial charge on any atom is 0.242 e. The van der Waals surface area contributed by atoms with Gasteiger partial charge in [0.15, 0.2) is 17.3 Å². The van der Waals surface area contributed by atoms with Crippen LogP contribution >= 0.6 is 27.5 Å². The Kier molecular flexibility index (Phi) is 7.17. The Morgan fingerprint density at radius 2 is 1.91 bits per heavy atom. The summed E-state index contributed by atoms with van der Waals surface area (Å²) in [5, 5.41) is 8.14. The Morgan fingerprint density at radius 3 is 2.65 bits per heavy atom. The van der Waals surface area contributed by atoms with E-state index < -0.39 is 21.7 Å². The van der Waals surface area contributed by atoms with Gasteiger partial charge in [0.25, 0.3) is 0 Å². The molecule has 0 atom stereocenters. The summed E-state index contributed by atoms with van der Waals surface area (Å²) in [5.41, 5.74) is 2.01. The first-order chi connectivity index (χ1) is 16.2. The van der Waals surface area contributed by atoms with Crippen LogP contribution in [0, 0.1) is 11.6 Å². The molecule has 7 nitrogen and oxygen atoms in total. The van der Waals surface area contributed by atoms with Crippen LogP contribution in [0.1, 0.15) is 6.42 Å². The van der Waals surface area contributed by atoms with Crippen LogP contribution in [0.15, 0.2) is 64.1 Å². The van der Waals surface area contributed by atoms with E-state index in [1.165, 1.54) is 7.05 Å². The number of hydrogen-bond acceptors (Lipinski definition) is 5. The maximum absolute atomic E-state index is 13.5. The first kappa shape index (κ1) is 24.5. The van der Waals surface area contributed by atoms with E-state index in [-0.39, 0.29) is 11.4 Å². The molecule has 4 rings (SSSR count). The highest BCUT2D eigenvalue weighted by Crippen LogP contribution is 2.30. The zero-order valence-corrected chi connectivity index (χ0v) is 21.0. The van der Waals surface area contributed by atoms with Crippen molar-refractivity contribution in [1.29, 1.82) is 0 Å². The van der Waals surface area contributed by atoms with Crippen LogP contribution in [-0.2, 0) is 10.0 Å². The Hall–Kier alpha value is -2.60. The highest BCUT2D eigenvalue weighted by molar-refractivity contribution is 9.10. The van der Waals surface area contributed by atoms with Gasteiger partial charge in [-0.05, 0) is 46.6 Å². The molecule has 12 heteroatoms. The van der Waals surface area contributed by atoms with Crippen molar-refractivity contribution in [3.05, 3.63) is 75.9 Å². The molecule has 4 aromatic rings. The van der Waals surface area contributed by atoms with Crippen molar-refractivity contribution in [3.8, 4) is 11.3 Å². The molecule has 0 saturated carbocycles. The summed E-state index contributed by atoms with van der Waals surface area (Å²) in [6, 6.07) is 11.7. The fourth-order valence-corrected chi connectivity index (χ4v) is 5.13. The van der Waals surface area contributed by atoms with Gasteiger partial charge >= 0.3 is 0 Å². The van der Waals surface area contributed by atoms with Gasteiger partial charge in [0.05, 0.1) is 21.3 Å². The lowest BCUT2D eigenvalue weighted by Crippen LogP contribution is -2.29. The molecule has 2 aromatic heterocycles. The number of aromatic nitrogens is 3. The van der Waals surface area contributed by atoms with Crippen LogP contribution in [0.25, 0.3) is 16.9 Å². The second-order valence-electron chi connectivity index (χ2n) is 7.42. The number of anilines is 1. The van der Waals surface area contributed by atoms with Crippen molar-refractivity contribution in [2.75, 3.05) is 25.5 Å². The van der Waals surface area contributed by atoms with Crippen molar-refractivity contribution in [1.82, 2.24) is 18.9 Å². The Morgan fingerprint density at radius 1 is 1.15 bits per heavy atom. The van der Waals surface area contributed by atoms with E-state index in [2.05, 4.69) is 31.3 Å². The standard InChI is InChI=1S/C22H19BrClF2N5O2S/c1-30(34(32,33)14-7-8-18(25)19(26)11-14)10-4-9-27-21-12-20(15-5-2-3-6-17(15)24)29-22-16(23)13-28-31(21)22/h2-3,5-8,11-13,27H,4,9-10H2,1H3. The number of halogens is 4. The van der Waals surface area contributed by atoms with E-state index in [4.69, 9.17) is 11.6 Å². The highest BCUT2D eigenvalue weighted by atomic mass is 79.9. The molecule has 1 N–H and O–H groups in total. The second-order valence-corrected chi connectivity index (χ2v) is 10.7. The molecule has 178 valence electrons. The molecule has 0 unspecified atom stereocenters. The van der Waals surface area contributed by atoms with Crippen molar-refractivity contribution in [2.24, 2.45) is 0 Å². The first-order valence-electron chi connectivity index (χ1n) is 10.1.